The van der Waals surface area contributed by atoms with Crippen molar-refractivity contribution in [3.63, 3.8) is 0 Å². The topological polar surface area (TPSA) is 135 Å². The number of carbonyl (C=O) groups is 1. The van der Waals surface area contributed by atoms with Crippen LogP contribution in [0.15, 0.2) is 36.5 Å². The predicted octanol–water partition coefficient (Wildman–Crippen LogP) is 9.19. The van der Waals surface area contributed by atoms with E-state index in [2.05, 4.69) is 50.3 Å². The van der Waals surface area contributed by atoms with Crippen LogP contribution in [0.5, 0.6) is 0 Å². The van der Waals surface area contributed by atoms with Gasteiger partial charge in [0.15, 0.2) is 6.29 Å². The van der Waals surface area contributed by atoms with Crippen LogP contribution in [0.2, 0.25) is 0 Å². The van der Waals surface area contributed by atoms with E-state index in [1.54, 1.807) is 0 Å². The number of aliphatic hydroxyl groups is 4. The number of rotatable bonds is 36. The third-order valence-electron chi connectivity index (χ3n) is 9.78. The number of esters is 1. The summed E-state index contributed by atoms with van der Waals surface area (Å²) >= 11 is 0. The highest BCUT2D eigenvalue weighted by Crippen LogP contribution is 2.22. The van der Waals surface area contributed by atoms with Gasteiger partial charge in [-0.15, -0.1) is 0 Å². The first-order chi connectivity index (χ1) is 25.9. The van der Waals surface area contributed by atoms with Crippen LogP contribution in [0.1, 0.15) is 174 Å². The largest absolute Gasteiger partial charge is 0.457 e. The maximum Gasteiger partial charge on any atom is 0.306 e. The van der Waals surface area contributed by atoms with Gasteiger partial charge in [-0.1, -0.05) is 134 Å². The lowest BCUT2D eigenvalue weighted by molar-refractivity contribution is -0.305. The number of unbranched alkanes of at least 4 members (excludes halogenated alkanes) is 19. The van der Waals surface area contributed by atoms with Crippen LogP contribution in [-0.2, 0) is 23.7 Å². The highest BCUT2D eigenvalue weighted by molar-refractivity contribution is 5.69. The normalized spacial score (nSPS) is 21.4. The molecular weight excluding hydrogens is 672 g/mol. The third-order valence-corrected chi connectivity index (χ3v) is 9.78. The number of hydrogen-bond donors (Lipinski definition) is 4. The van der Waals surface area contributed by atoms with E-state index in [0.29, 0.717) is 13.0 Å². The van der Waals surface area contributed by atoms with Crippen molar-refractivity contribution in [1.29, 1.82) is 0 Å². The van der Waals surface area contributed by atoms with Gasteiger partial charge >= 0.3 is 5.97 Å². The zero-order valence-electron chi connectivity index (χ0n) is 33.8. The fraction of sp³-hybridized carbons (Fsp3) is 0.841. The number of carbonyl (C=O) groups excluding carboxylic acids is 1. The minimum absolute atomic E-state index is 0.121. The second-order valence-electron chi connectivity index (χ2n) is 14.8. The molecule has 1 saturated heterocycles. The first-order valence-electron chi connectivity index (χ1n) is 21.6. The minimum Gasteiger partial charge on any atom is -0.457 e. The van der Waals surface area contributed by atoms with Gasteiger partial charge in [0.2, 0.25) is 0 Å². The van der Waals surface area contributed by atoms with Crippen molar-refractivity contribution in [3.8, 4) is 0 Å². The lowest BCUT2D eigenvalue weighted by Crippen LogP contribution is -2.59. The fourth-order valence-electron chi connectivity index (χ4n) is 6.34. The van der Waals surface area contributed by atoms with Crippen molar-refractivity contribution in [2.24, 2.45) is 0 Å². The molecule has 6 unspecified atom stereocenters. The lowest BCUT2D eigenvalue weighted by atomic mass is 9.99. The standard InChI is InChI=1S/C44H80O9/c1-3-5-7-9-11-13-15-17-19-20-21-23-25-27-29-31-33-40(46)52-38(37-51-44-43(49)42(48)41(47)39(35-45)53-44)36-50-34-32-30-28-26-24-22-18-16-14-12-10-8-6-4-2/h13-16,19-20,38-39,41-45,47-49H,3-12,17-18,21-37H2,1-2H3/b15-13-,16-14-,20-19-. The molecule has 1 rings (SSSR count). The van der Waals surface area contributed by atoms with E-state index < -0.39 is 43.4 Å². The number of hydrogen-bond acceptors (Lipinski definition) is 9. The Hall–Kier alpha value is -1.59. The summed E-state index contributed by atoms with van der Waals surface area (Å²) in [4.78, 5) is 12.7. The molecule has 6 atom stereocenters. The molecule has 53 heavy (non-hydrogen) atoms. The Balaban J connectivity index is 2.31. The highest BCUT2D eigenvalue weighted by Gasteiger charge is 2.44. The van der Waals surface area contributed by atoms with Crippen molar-refractivity contribution in [3.05, 3.63) is 36.5 Å². The van der Waals surface area contributed by atoms with Crippen LogP contribution in [0.4, 0.5) is 0 Å². The quantitative estimate of drug-likeness (QED) is 0.0281. The van der Waals surface area contributed by atoms with Crippen LogP contribution in [0.25, 0.3) is 0 Å². The second-order valence-corrected chi connectivity index (χ2v) is 14.8. The van der Waals surface area contributed by atoms with E-state index in [1.807, 2.05) is 0 Å². The molecule has 0 saturated carbocycles. The van der Waals surface area contributed by atoms with E-state index in [1.165, 1.54) is 83.5 Å². The van der Waals surface area contributed by atoms with E-state index in [0.717, 1.165) is 70.6 Å². The first kappa shape index (κ1) is 49.4. The van der Waals surface area contributed by atoms with Gasteiger partial charge in [-0.3, -0.25) is 4.79 Å². The summed E-state index contributed by atoms with van der Waals surface area (Å²) in [5.41, 5.74) is 0. The predicted molar refractivity (Wildman–Crippen MR) is 215 cm³/mol. The molecule has 9 heteroatoms. The van der Waals surface area contributed by atoms with Gasteiger partial charge in [0.25, 0.3) is 0 Å². The Morgan fingerprint density at radius 1 is 0.604 bits per heavy atom. The summed E-state index contributed by atoms with van der Waals surface area (Å²) < 4.78 is 22.8. The lowest BCUT2D eigenvalue weighted by Gasteiger charge is -2.39. The summed E-state index contributed by atoms with van der Waals surface area (Å²) in [6, 6.07) is 0. The van der Waals surface area contributed by atoms with Gasteiger partial charge in [-0.05, 0) is 70.6 Å². The maximum absolute atomic E-state index is 12.7. The van der Waals surface area contributed by atoms with Crippen LogP contribution in [0, 0.1) is 0 Å². The average Bonchev–Trinajstić information content (AvgIpc) is 3.16. The number of allylic oxidation sites excluding steroid dienone is 6. The van der Waals surface area contributed by atoms with E-state index in [-0.39, 0.29) is 19.2 Å². The van der Waals surface area contributed by atoms with Crippen molar-refractivity contribution >= 4 is 5.97 Å². The molecule has 0 aromatic rings. The SMILES string of the molecule is CCCCCC/C=C\C/C=C\CCCCCCCC(=O)OC(COCCCCCCCC/C=C\CCCCCC)COC1OC(CO)C(O)C(O)C1O. The number of aliphatic hydroxyl groups excluding tert-OH is 4. The molecule has 0 aromatic carbocycles. The highest BCUT2D eigenvalue weighted by atomic mass is 16.7. The smallest absolute Gasteiger partial charge is 0.306 e. The molecule has 4 N–H and O–H groups in total. The molecule has 0 amide bonds. The first-order valence-corrected chi connectivity index (χ1v) is 21.6. The summed E-state index contributed by atoms with van der Waals surface area (Å²) in [6.07, 6.45) is 34.5. The van der Waals surface area contributed by atoms with Gasteiger partial charge in [0.1, 0.15) is 30.5 Å². The van der Waals surface area contributed by atoms with E-state index >= 15 is 0 Å². The molecule has 0 radical (unpaired) electrons. The zero-order chi connectivity index (χ0) is 38.6. The molecule has 0 aliphatic carbocycles. The Bertz CT molecular complexity index is 905. The van der Waals surface area contributed by atoms with Crippen molar-refractivity contribution in [2.75, 3.05) is 26.4 Å². The fourth-order valence-corrected chi connectivity index (χ4v) is 6.34. The molecule has 0 spiro atoms. The van der Waals surface area contributed by atoms with Gasteiger partial charge < -0.3 is 39.4 Å². The molecule has 1 aliphatic rings. The molecule has 1 aliphatic heterocycles. The molecule has 1 fully saturated rings. The molecule has 1 heterocycles. The van der Waals surface area contributed by atoms with Gasteiger partial charge in [0, 0.05) is 13.0 Å². The van der Waals surface area contributed by atoms with Crippen molar-refractivity contribution in [2.45, 2.75) is 211 Å². The third kappa shape index (κ3) is 27.6. The molecule has 0 bridgehead atoms. The van der Waals surface area contributed by atoms with Crippen molar-refractivity contribution < 1.29 is 44.2 Å². The Labute approximate surface area is 323 Å². The minimum atomic E-state index is -1.54. The number of ether oxygens (including phenoxy) is 4. The van der Waals surface area contributed by atoms with Crippen LogP contribution in [-0.4, -0.2) is 89.6 Å². The Morgan fingerprint density at radius 2 is 1.09 bits per heavy atom. The van der Waals surface area contributed by atoms with E-state index in [9.17, 15) is 25.2 Å². The maximum atomic E-state index is 12.7. The summed E-state index contributed by atoms with van der Waals surface area (Å²) in [5.74, 6) is -0.330. The average molecular weight is 753 g/mol. The zero-order valence-corrected chi connectivity index (χ0v) is 33.8. The van der Waals surface area contributed by atoms with E-state index in [4.69, 9.17) is 18.9 Å². The van der Waals surface area contributed by atoms with Crippen LogP contribution >= 0.6 is 0 Å². The Morgan fingerprint density at radius 3 is 1.64 bits per heavy atom. The van der Waals surface area contributed by atoms with Crippen LogP contribution in [0.3, 0.4) is 0 Å². The monoisotopic (exact) mass is 753 g/mol. The summed E-state index contributed by atoms with van der Waals surface area (Å²) in [6.45, 7) is 4.49. The summed E-state index contributed by atoms with van der Waals surface area (Å²) in [5, 5.41) is 40.0. The molecule has 0 aromatic heterocycles. The molecule has 310 valence electrons. The molecular formula is C44H80O9. The second kappa shape index (κ2) is 36.1. The Kier molecular flexibility index (Phi) is 33.6. The summed E-state index contributed by atoms with van der Waals surface area (Å²) in [7, 11) is 0. The van der Waals surface area contributed by atoms with Gasteiger partial charge in [0.05, 0.1) is 19.8 Å². The van der Waals surface area contributed by atoms with Crippen LogP contribution < -0.4 is 0 Å². The van der Waals surface area contributed by atoms with Gasteiger partial charge in [-0.25, -0.2) is 0 Å². The molecule has 9 nitrogen and oxygen atoms in total. The van der Waals surface area contributed by atoms with Gasteiger partial charge in [-0.2, -0.15) is 0 Å². The van der Waals surface area contributed by atoms with Crippen molar-refractivity contribution in [1.82, 2.24) is 0 Å².